The molecule has 0 saturated carbocycles. The molecule has 1 rings (SSSR count). The fraction of sp³-hybridized carbons (Fsp3) is 0. The Morgan fingerprint density at radius 1 is 1.11 bits per heavy atom. The van der Waals surface area contributed by atoms with Crippen LogP contribution in [0.5, 0.6) is 0 Å². The molecular formula is C6H6F2Sn. The first-order chi connectivity index (χ1) is 4.22. The SMILES string of the molecule is Fc1cccc(F)[c]1[SnH3]. The first-order valence-corrected chi connectivity index (χ1v) is 5.48. The van der Waals surface area contributed by atoms with Gasteiger partial charge in [0, 0.05) is 0 Å². The standard InChI is InChI=1S/C6H3F2.Sn.3H/c7-5-2-1-3-6(8)4-5;;;;/h1-3H;;;;. The summed E-state index contributed by atoms with van der Waals surface area (Å²) in [6.45, 7) is 0. The van der Waals surface area contributed by atoms with Crippen molar-refractivity contribution in [2.75, 3.05) is 0 Å². The van der Waals surface area contributed by atoms with Gasteiger partial charge in [-0.1, -0.05) is 0 Å². The van der Waals surface area contributed by atoms with E-state index >= 15 is 0 Å². The minimum atomic E-state index is -0.397. The van der Waals surface area contributed by atoms with Crippen molar-refractivity contribution in [3.8, 4) is 0 Å². The fourth-order valence-corrected chi connectivity index (χ4v) is 1.53. The van der Waals surface area contributed by atoms with Crippen LogP contribution < -0.4 is 3.58 Å². The Kier molecular flexibility index (Phi) is 2.05. The van der Waals surface area contributed by atoms with Crippen molar-refractivity contribution in [1.82, 2.24) is 0 Å². The number of benzene rings is 1. The van der Waals surface area contributed by atoms with Gasteiger partial charge < -0.3 is 0 Å². The van der Waals surface area contributed by atoms with E-state index in [1.165, 1.54) is 18.2 Å². The Balaban J connectivity index is 3.25. The Morgan fingerprint density at radius 3 is 1.89 bits per heavy atom. The molecule has 0 N–H and O–H groups in total. The third-order valence-electron chi connectivity index (χ3n) is 1.20. The average Bonchev–Trinajstić information content (AvgIpc) is 1.83. The Bertz CT molecular complexity index is 202. The summed E-state index contributed by atoms with van der Waals surface area (Å²) in [6.07, 6.45) is 0. The van der Waals surface area contributed by atoms with Crippen LogP contribution in [0.1, 0.15) is 0 Å². The van der Waals surface area contributed by atoms with E-state index in [4.69, 9.17) is 0 Å². The molecule has 0 unspecified atom stereocenters. The first kappa shape index (κ1) is 6.99. The molecule has 0 aliphatic rings. The Labute approximate surface area is 65.0 Å². The van der Waals surface area contributed by atoms with Crippen LogP contribution in [0.15, 0.2) is 18.2 Å². The molecule has 0 radical (unpaired) electrons. The molecule has 0 aliphatic carbocycles. The van der Waals surface area contributed by atoms with E-state index in [0.29, 0.717) is 3.58 Å². The maximum absolute atomic E-state index is 12.4. The second-order valence-electron chi connectivity index (χ2n) is 1.85. The third kappa shape index (κ3) is 1.41. The molecule has 0 nitrogen and oxygen atoms in total. The van der Waals surface area contributed by atoms with Gasteiger partial charge in [-0.25, -0.2) is 0 Å². The van der Waals surface area contributed by atoms with Gasteiger partial charge in [-0.3, -0.25) is 0 Å². The van der Waals surface area contributed by atoms with E-state index in [-0.39, 0.29) is 22.5 Å². The zero-order valence-electron chi connectivity index (χ0n) is 4.99. The molecule has 0 fully saturated rings. The topological polar surface area (TPSA) is 0 Å². The van der Waals surface area contributed by atoms with Crippen molar-refractivity contribution in [3.63, 3.8) is 0 Å². The normalized spacial score (nSPS) is 10.0. The quantitative estimate of drug-likeness (QED) is 0.553. The van der Waals surface area contributed by atoms with Crippen molar-refractivity contribution < 1.29 is 8.78 Å². The number of hydrogen-bond donors (Lipinski definition) is 0. The molecule has 0 spiro atoms. The predicted molar refractivity (Wildman–Crippen MR) is 35.9 cm³/mol. The molecule has 1 aromatic carbocycles. The molecule has 0 atom stereocenters. The van der Waals surface area contributed by atoms with E-state index in [2.05, 4.69) is 0 Å². The molecular weight excluding hydrogens is 229 g/mol. The van der Waals surface area contributed by atoms with Gasteiger partial charge in [0.2, 0.25) is 0 Å². The van der Waals surface area contributed by atoms with Crippen LogP contribution >= 0.6 is 0 Å². The summed E-state index contributed by atoms with van der Waals surface area (Å²) in [5.74, 6) is -0.795. The van der Waals surface area contributed by atoms with Crippen molar-refractivity contribution in [2.45, 2.75) is 0 Å². The molecule has 0 amide bonds. The molecule has 3 heteroatoms. The van der Waals surface area contributed by atoms with Crippen LogP contribution in [-0.2, 0) is 0 Å². The summed E-state index contributed by atoms with van der Waals surface area (Å²) >= 11 is -0.0729. The summed E-state index contributed by atoms with van der Waals surface area (Å²) in [7, 11) is 0. The monoisotopic (exact) mass is 236 g/mol. The van der Waals surface area contributed by atoms with Crippen LogP contribution in [0, 0.1) is 11.6 Å². The van der Waals surface area contributed by atoms with Gasteiger partial charge in [-0.2, -0.15) is 0 Å². The molecule has 0 heterocycles. The van der Waals surface area contributed by atoms with Crippen LogP contribution in [0.2, 0.25) is 0 Å². The van der Waals surface area contributed by atoms with E-state index in [0.717, 1.165) is 0 Å². The van der Waals surface area contributed by atoms with Crippen LogP contribution in [0.4, 0.5) is 8.78 Å². The zero-order chi connectivity index (χ0) is 6.85. The summed E-state index contributed by atoms with van der Waals surface area (Å²) < 4.78 is 25.1. The van der Waals surface area contributed by atoms with Gasteiger partial charge in [0.25, 0.3) is 0 Å². The number of hydrogen-bond acceptors (Lipinski definition) is 0. The van der Waals surface area contributed by atoms with Crippen molar-refractivity contribution in [3.05, 3.63) is 29.8 Å². The van der Waals surface area contributed by atoms with Crippen molar-refractivity contribution in [1.29, 1.82) is 0 Å². The molecule has 48 valence electrons. The molecule has 0 bridgehead atoms. The second kappa shape index (κ2) is 2.64. The number of halogens is 2. The molecule has 1 aromatic rings. The summed E-state index contributed by atoms with van der Waals surface area (Å²) in [5, 5.41) is 0. The van der Waals surface area contributed by atoms with Gasteiger partial charge in [0.1, 0.15) is 0 Å². The summed E-state index contributed by atoms with van der Waals surface area (Å²) in [5.41, 5.74) is 0. The minimum absolute atomic E-state index is 0.0729. The predicted octanol–water partition coefficient (Wildman–Crippen LogP) is -0.0445. The van der Waals surface area contributed by atoms with Gasteiger partial charge in [0.05, 0.1) is 0 Å². The molecule has 0 saturated heterocycles. The van der Waals surface area contributed by atoms with Gasteiger partial charge in [0.15, 0.2) is 0 Å². The molecule has 9 heavy (non-hydrogen) atoms. The molecule has 0 aliphatic heterocycles. The molecule has 0 aromatic heterocycles. The maximum atomic E-state index is 12.4. The van der Waals surface area contributed by atoms with Gasteiger partial charge in [-0.15, -0.1) is 0 Å². The van der Waals surface area contributed by atoms with E-state index in [1.807, 2.05) is 0 Å². The Hall–Kier alpha value is -0.121. The van der Waals surface area contributed by atoms with Crippen LogP contribution in [0.25, 0.3) is 0 Å². The first-order valence-electron chi connectivity index (χ1n) is 2.62. The summed E-state index contributed by atoms with van der Waals surface area (Å²) in [6, 6.07) is 3.95. The van der Waals surface area contributed by atoms with E-state index < -0.39 is 11.6 Å². The summed E-state index contributed by atoms with van der Waals surface area (Å²) in [4.78, 5) is 0. The van der Waals surface area contributed by atoms with Gasteiger partial charge >= 0.3 is 64.7 Å². The average molecular weight is 235 g/mol. The van der Waals surface area contributed by atoms with Crippen LogP contribution in [0.3, 0.4) is 0 Å². The van der Waals surface area contributed by atoms with Crippen molar-refractivity contribution in [2.24, 2.45) is 0 Å². The third-order valence-corrected chi connectivity index (χ3v) is 3.93. The second-order valence-corrected chi connectivity index (χ2v) is 4.70. The van der Waals surface area contributed by atoms with Crippen LogP contribution in [-0.4, -0.2) is 22.5 Å². The number of rotatable bonds is 0. The zero-order valence-corrected chi connectivity index (χ0v) is 10.7. The van der Waals surface area contributed by atoms with E-state index in [9.17, 15) is 8.78 Å². The Morgan fingerprint density at radius 2 is 1.56 bits per heavy atom. The fourth-order valence-electron chi connectivity index (χ4n) is 0.581. The van der Waals surface area contributed by atoms with Crippen molar-refractivity contribution >= 4 is 26.1 Å². The van der Waals surface area contributed by atoms with E-state index in [1.54, 1.807) is 0 Å². The van der Waals surface area contributed by atoms with Gasteiger partial charge in [-0.05, 0) is 0 Å².